The molecule has 0 aliphatic rings. The Hall–Kier alpha value is -1.37. The van der Waals surface area contributed by atoms with Crippen LogP contribution in [0.2, 0.25) is 0 Å². The van der Waals surface area contributed by atoms with Gasteiger partial charge in [-0.2, -0.15) is 0 Å². The van der Waals surface area contributed by atoms with Crippen LogP contribution in [0.3, 0.4) is 0 Å². The van der Waals surface area contributed by atoms with E-state index in [1.54, 1.807) is 18.2 Å². The lowest BCUT2D eigenvalue weighted by Crippen LogP contribution is -2.18. The van der Waals surface area contributed by atoms with Crippen molar-refractivity contribution in [1.29, 1.82) is 0 Å². The van der Waals surface area contributed by atoms with E-state index < -0.39 is 10.0 Å². The number of anilines is 1. The summed E-state index contributed by atoms with van der Waals surface area (Å²) in [5, 5.41) is 3.30. The zero-order valence-corrected chi connectivity index (χ0v) is 14.0. The molecule has 0 fully saturated rings. The molecule has 2 aromatic carbocycles. The molecule has 0 bridgehead atoms. The Morgan fingerprint density at radius 1 is 1.10 bits per heavy atom. The minimum absolute atomic E-state index is 0.241. The van der Waals surface area contributed by atoms with E-state index >= 15 is 0 Å². The predicted molar refractivity (Wildman–Crippen MR) is 89.0 cm³/mol. The summed E-state index contributed by atoms with van der Waals surface area (Å²) in [6.45, 7) is 0.779. The lowest BCUT2D eigenvalue weighted by molar-refractivity contribution is 0.588. The molecule has 0 radical (unpaired) electrons. The SMILES string of the molecule is CNS(=O)(=O)c1ccc(NCCc2ccccc2)c(Br)c1. The van der Waals surface area contributed by atoms with Crippen molar-refractivity contribution in [2.24, 2.45) is 0 Å². The molecule has 0 aliphatic heterocycles. The first-order chi connectivity index (χ1) is 10.0. The topological polar surface area (TPSA) is 58.2 Å². The lowest BCUT2D eigenvalue weighted by atomic mass is 10.1. The summed E-state index contributed by atoms with van der Waals surface area (Å²) in [6.07, 6.45) is 0.907. The second-order valence-electron chi connectivity index (χ2n) is 4.51. The number of rotatable bonds is 6. The predicted octanol–water partition coefficient (Wildman–Crippen LogP) is 3.01. The van der Waals surface area contributed by atoms with Gasteiger partial charge >= 0.3 is 0 Å². The van der Waals surface area contributed by atoms with Gasteiger partial charge in [-0.25, -0.2) is 13.1 Å². The first kappa shape index (κ1) is 16.0. The molecule has 0 aromatic heterocycles. The first-order valence-electron chi connectivity index (χ1n) is 6.54. The average molecular weight is 369 g/mol. The Labute approximate surface area is 133 Å². The van der Waals surface area contributed by atoms with E-state index in [4.69, 9.17) is 0 Å². The molecular formula is C15H17BrN2O2S. The molecule has 112 valence electrons. The van der Waals surface area contributed by atoms with Crippen molar-refractivity contribution in [3.8, 4) is 0 Å². The Kier molecular flexibility index (Phi) is 5.39. The average Bonchev–Trinajstić information content (AvgIpc) is 2.50. The van der Waals surface area contributed by atoms with Gasteiger partial charge in [0.2, 0.25) is 10.0 Å². The quantitative estimate of drug-likeness (QED) is 0.823. The lowest BCUT2D eigenvalue weighted by Gasteiger charge is -2.10. The fourth-order valence-electron chi connectivity index (χ4n) is 1.91. The molecule has 2 rings (SSSR count). The van der Waals surface area contributed by atoms with Crippen molar-refractivity contribution in [2.45, 2.75) is 11.3 Å². The number of hydrogen-bond acceptors (Lipinski definition) is 3. The fourth-order valence-corrected chi connectivity index (χ4v) is 3.34. The monoisotopic (exact) mass is 368 g/mol. The summed E-state index contributed by atoms with van der Waals surface area (Å²) in [5.41, 5.74) is 2.14. The third-order valence-electron chi connectivity index (χ3n) is 3.09. The molecule has 0 heterocycles. The molecule has 0 saturated heterocycles. The van der Waals surface area contributed by atoms with Gasteiger partial charge in [0.25, 0.3) is 0 Å². The molecule has 0 saturated carbocycles. The summed E-state index contributed by atoms with van der Waals surface area (Å²) < 4.78 is 26.5. The molecule has 0 atom stereocenters. The molecule has 21 heavy (non-hydrogen) atoms. The molecular weight excluding hydrogens is 352 g/mol. The Balaban J connectivity index is 2.02. The van der Waals surface area contributed by atoms with Crippen LogP contribution in [0.5, 0.6) is 0 Å². The van der Waals surface area contributed by atoms with Crippen LogP contribution < -0.4 is 10.0 Å². The van der Waals surface area contributed by atoms with Gasteiger partial charge in [0.1, 0.15) is 0 Å². The van der Waals surface area contributed by atoms with Crippen molar-refractivity contribution in [3.05, 3.63) is 58.6 Å². The van der Waals surface area contributed by atoms with Crippen LogP contribution in [-0.2, 0) is 16.4 Å². The molecule has 2 N–H and O–H groups in total. The van der Waals surface area contributed by atoms with Crippen LogP contribution in [0, 0.1) is 0 Å². The highest BCUT2D eigenvalue weighted by Gasteiger charge is 2.12. The maximum absolute atomic E-state index is 11.7. The van der Waals surface area contributed by atoms with Crippen molar-refractivity contribution in [2.75, 3.05) is 18.9 Å². The summed E-state index contributed by atoms with van der Waals surface area (Å²) >= 11 is 3.40. The van der Waals surface area contributed by atoms with Crippen molar-refractivity contribution >= 4 is 31.6 Å². The summed E-state index contributed by atoms with van der Waals surface area (Å²) in [6, 6.07) is 15.1. The van der Waals surface area contributed by atoms with Crippen LogP contribution in [-0.4, -0.2) is 22.0 Å². The van der Waals surface area contributed by atoms with Gasteiger partial charge in [-0.1, -0.05) is 30.3 Å². The standard InChI is InChI=1S/C15H17BrN2O2S/c1-17-21(19,20)13-7-8-15(14(16)11-13)18-10-9-12-5-3-2-4-6-12/h2-8,11,17-18H,9-10H2,1H3. The van der Waals surface area contributed by atoms with E-state index in [1.807, 2.05) is 18.2 Å². The molecule has 0 aliphatic carbocycles. The van der Waals surface area contributed by atoms with Gasteiger partial charge < -0.3 is 5.32 Å². The largest absolute Gasteiger partial charge is 0.384 e. The minimum atomic E-state index is -3.41. The number of sulfonamides is 1. The summed E-state index contributed by atoms with van der Waals surface area (Å²) in [5.74, 6) is 0. The van der Waals surface area contributed by atoms with Crippen molar-refractivity contribution < 1.29 is 8.42 Å². The Morgan fingerprint density at radius 3 is 2.43 bits per heavy atom. The highest BCUT2D eigenvalue weighted by molar-refractivity contribution is 9.10. The van der Waals surface area contributed by atoms with Crippen LogP contribution in [0.15, 0.2) is 57.9 Å². The van der Waals surface area contributed by atoms with Crippen molar-refractivity contribution in [1.82, 2.24) is 4.72 Å². The van der Waals surface area contributed by atoms with E-state index in [-0.39, 0.29) is 4.90 Å². The van der Waals surface area contributed by atoms with Crippen LogP contribution in [0.25, 0.3) is 0 Å². The smallest absolute Gasteiger partial charge is 0.240 e. The summed E-state index contributed by atoms with van der Waals surface area (Å²) in [4.78, 5) is 0.241. The second kappa shape index (κ2) is 7.06. The molecule has 0 spiro atoms. The molecule has 6 heteroatoms. The van der Waals surface area contributed by atoms with E-state index in [2.05, 4.69) is 38.1 Å². The number of benzene rings is 2. The number of hydrogen-bond donors (Lipinski definition) is 2. The van der Waals surface area contributed by atoms with E-state index in [9.17, 15) is 8.42 Å². The van der Waals surface area contributed by atoms with Gasteiger partial charge in [0, 0.05) is 16.7 Å². The van der Waals surface area contributed by atoms with Gasteiger partial charge in [-0.15, -0.1) is 0 Å². The maximum atomic E-state index is 11.7. The highest BCUT2D eigenvalue weighted by atomic mass is 79.9. The third kappa shape index (κ3) is 4.30. The first-order valence-corrected chi connectivity index (χ1v) is 8.81. The molecule has 0 unspecified atom stereocenters. The van der Waals surface area contributed by atoms with Crippen molar-refractivity contribution in [3.63, 3.8) is 0 Å². The Bertz CT molecular complexity index is 703. The van der Waals surface area contributed by atoms with Gasteiger partial charge in [-0.05, 0) is 53.2 Å². The zero-order chi connectivity index (χ0) is 15.3. The van der Waals surface area contributed by atoms with Gasteiger partial charge in [-0.3, -0.25) is 0 Å². The second-order valence-corrected chi connectivity index (χ2v) is 7.25. The van der Waals surface area contributed by atoms with E-state index in [0.29, 0.717) is 0 Å². The van der Waals surface area contributed by atoms with E-state index in [1.165, 1.54) is 12.6 Å². The Morgan fingerprint density at radius 2 is 1.81 bits per heavy atom. The van der Waals surface area contributed by atoms with Gasteiger partial charge in [0.05, 0.1) is 4.90 Å². The minimum Gasteiger partial charge on any atom is -0.384 e. The highest BCUT2D eigenvalue weighted by Crippen LogP contribution is 2.25. The maximum Gasteiger partial charge on any atom is 0.240 e. The van der Waals surface area contributed by atoms with E-state index in [0.717, 1.165) is 23.1 Å². The molecule has 4 nitrogen and oxygen atoms in total. The normalized spacial score (nSPS) is 11.3. The number of nitrogens with one attached hydrogen (secondary N) is 2. The third-order valence-corrected chi connectivity index (χ3v) is 5.16. The fraction of sp³-hybridized carbons (Fsp3) is 0.200. The van der Waals surface area contributed by atoms with Gasteiger partial charge in [0.15, 0.2) is 0 Å². The van der Waals surface area contributed by atoms with Crippen LogP contribution >= 0.6 is 15.9 Å². The summed E-state index contributed by atoms with van der Waals surface area (Å²) in [7, 11) is -2.01. The van der Waals surface area contributed by atoms with Crippen LogP contribution in [0.1, 0.15) is 5.56 Å². The number of halogens is 1. The van der Waals surface area contributed by atoms with Crippen LogP contribution in [0.4, 0.5) is 5.69 Å². The molecule has 2 aromatic rings. The zero-order valence-electron chi connectivity index (χ0n) is 11.6. The molecule has 0 amide bonds.